The van der Waals surface area contributed by atoms with Crippen LogP contribution in [0.2, 0.25) is 0 Å². The van der Waals surface area contributed by atoms with Crippen molar-refractivity contribution in [1.29, 1.82) is 0 Å². The van der Waals surface area contributed by atoms with Crippen LogP contribution in [0.1, 0.15) is 20.1 Å². The van der Waals surface area contributed by atoms with Crippen LogP contribution in [0.25, 0.3) is 0 Å². The lowest BCUT2D eigenvalue weighted by Crippen LogP contribution is -2.53. The van der Waals surface area contributed by atoms with Crippen LogP contribution in [-0.4, -0.2) is 32.4 Å². The van der Waals surface area contributed by atoms with Gasteiger partial charge in [-0.1, -0.05) is 0 Å². The lowest BCUT2D eigenvalue weighted by Gasteiger charge is -2.28. The van der Waals surface area contributed by atoms with Crippen molar-refractivity contribution in [3.8, 4) is 0 Å². The van der Waals surface area contributed by atoms with E-state index in [-0.39, 0.29) is 0 Å². The Morgan fingerprint density at radius 3 is 2.71 bits per heavy atom. The van der Waals surface area contributed by atoms with Crippen molar-refractivity contribution in [3.05, 3.63) is 33.1 Å². The second-order valence-corrected chi connectivity index (χ2v) is 4.52. The smallest absolute Gasteiger partial charge is 0.330 e. The number of nitrogens with two attached hydrogens (primary N) is 1. The molecule has 0 radical (unpaired) electrons. The lowest BCUT2D eigenvalue weighted by atomic mass is 9.94. The maximum atomic E-state index is 11.6. The number of H-pyrrole nitrogens is 1. The first-order valence-corrected chi connectivity index (χ1v) is 5.28. The molecule has 1 aromatic heterocycles. The summed E-state index contributed by atoms with van der Waals surface area (Å²) in [5.74, 6) is 0. The molecule has 1 aliphatic heterocycles. The Morgan fingerprint density at radius 2 is 2.24 bits per heavy atom. The molecule has 94 valence electrons. The van der Waals surface area contributed by atoms with E-state index in [2.05, 4.69) is 4.98 Å². The van der Waals surface area contributed by atoms with Gasteiger partial charge in [-0.05, 0) is 13.8 Å². The summed E-state index contributed by atoms with van der Waals surface area (Å²) < 4.78 is 6.64. The second kappa shape index (κ2) is 3.80. The van der Waals surface area contributed by atoms with Crippen LogP contribution in [0.15, 0.2) is 21.9 Å². The number of hydrogen-bond acceptors (Lipinski definition) is 5. The SMILES string of the molecule is C[C@H]1O[C@@H](n2ccc(=O)[nH]c2=O)[C@](C)(N)[C@@H]1O. The van der Waals surface area contributed by atoms with Crippen molar-refractivity contribution in [3.63, 3.8) is 0 Å². The van der Waals surface area contributed by atoms with Crippen molar-refractivity contribution in [2.75, 3.05) is 0 Å². The molecule has 7 heteroatoms. The molecule has 17 heavy (non-hydrogen) atoms. The number of aromatic amines is 1. The first kappa shape index (κ1) is 12.0. The summed E-state index contributed by atoms with van der Waals surface area (Å²) in [6.07, 6.45) is -0.862. The van der Waals surface area contributed by atoms with Gasteiger partial charge >= 0.3 is 5.69 Å². The van der Waals surface area contributed by atoms with Gasteiger partial charge in [0.15, 0.2) is 6.23 Å². The summed E-state index contributed by atoms with van der Waals surface area (Å²) >= 11 is 0. The molecule has 0 aliphatic carbocycles. The minimum atomic E-state index is -1.10. The minimum Gasteiger partial charge on any atom is -0.388 e. The van der Waals surface area contributed by atoms with Gasteiger partial charge in [-0.3, -0.25) is 14.3 Å². The summed E-state index contributed by atoms with van der Waals surface area (Å²) in [5.41, 5.74) is 3.77. The van der Waals surface area contributed by atoms with E-state index < -0.39 is 35.2 Å². The monoisotopic (exact) mass is 241 g/mol. The van der Waals surface area contributed by atoms with Crippen LogP contribution in [0.4, 0.5) is 0 Å². The zero-order valence-corrected chi connectivity index (χ0v) is 9.58. The average Bonchev–Trinajstić information content (AvgIpc) is 2.43. The van der Waals surface area contributed by atoms with Gasteiger partial charge in [0.2, 0.25) is 0 Å². The fourth-order valence-electron chi connectivity index (χ4n) is 2.05. The van der Waals surface area contributed by atoms with Gasteiger partial charge < -0.3 is 15.6 Å². The summed E-state index contributed by atoms with van der Waals surface area (Å²) in [6, 6.07) is 1.20. The summed E-state index contributed by atoms with van der Waals surface area (Å²) in [4.78, 5) is 24.7. The molecule has 0 bridgehead atoms. The number of rotatable bonds is 1. The Hall–Kier alpha value is -1.44. The van der Waals surface area contributed by atoms with Gasteiger partial charge in [0.25, 0.3) is 5.56 Å². The number of aromatic nitrogens is 2. The number of hydrogen-bond donors (Lipinski definition) is 3. The molecular formula is C10H15N3O4. The molecule has 2 heterocycles. The predicted octanol–water partition coefficient (Wildman–Crippen LogP) is -1.47. The van der Waals surface area contributed by atoms with Gasteiger partial charge in [0, 0.05) is 12.3 Å². The highest BCUT2D eigenvalue weighted by Crippen LogP contribution is 2.34. The number of nitrogens with zero attached hydrogens (tertiary/aromatic N) is 1. The number of aliphatic hydroxyl groups is 1. The molecular weight excluding hydrogens is 226 g/mol. The quantitative estimate of drug-likeness (QED) is 0.556. The molecule has 1 aliphatic rings. The third-order valence-corrected chi connectivity index (χ3v) is 3.06. The van der Waals surface area contributed by atoms with Crippen molar-refractivity contribution >= 4 is 0 Å². The fourth-order valence-corrected chi connectivity index (χ4v) is 2.05. The van der Waals surface area contributed by atoms with Crippen LogP contribution in [-0.2, 0) is 4.74 Å². The van der Waals surface area contributed by atoms with Gasteiger partial charge in [0.05, 0.1) is 11.6 Å². The normalized spacial score (nSPS) is 37.3. The van der Waals surface area contributed by atoms with E-state index in [1.807, 2.05) is 0 Å². The van der Waals surface area contributed by atoms with Crippen LogP contribution < -0.4 is 17.0 Å². The Bertz CT molecular complexity index is 533. The number of aliphatic hydroxyl groups excluding tert-OH is 1. The largest absolute Gasteiger partial charge is 0.388 e. The van der Waals surface area contributed by atoms with Crippen LogP contribution >= 0.6 is 0 Å². The van der Waals surface area contributed by atoms with E-state index in [9.17, 15) is 14.7 Å². The van der Waals surface area contributed by atoms with E-state index in [4.69, 9.17) is 10.5 Å². The Balaban J connectivity index is 2.48. The molecule has 4 N–H and O–H groups in total. The molecule has 2 rings (SSSR count). The van der Waals surface area contributed by atoms with Crippen molar-refractivity contribution in [1.82, 2.24) is 9.55 Å². The van der Waals surface area contributed by atoms with Gasteiger partial charge in [-0.2, -0.15) is 0 Å². The number of nitrogens with one attached hydrogen (secondary N) is 1. The predicted molar refractivity (Wildman–Crippen MR) is 59.5 cm³/mol. The fraction of sp³-hybridized carbons (Fsp3) is 0.600. The molecule has 7 nitrogen and oxygen atoms in total. The van der Waals surface area contributed by atoms with Crippen molar-refractivity contribution in [2.24, 2.45) is 5.73 Å². The van der Waals surface area contributed by atoms with E-state index in [1.165, 1.54) is 16.8 Å². The van der Waals surface area contributed by atoms with E-state index in [1.54, 1.807) is 13.8 Å². The molecule has 0 aromatic carbocycles. The highest BCUT2D eigenvalue weighted by Gasteiger charge is 2.50. The zero-order valence-electron chi connectivity index (χ0n) is 9.58. The second-order valence-electron chi connectivity index (χ2n) is 4.52. The minimum absolute atomic E-state index is 0.478. The molecule has 1 aromatic rings. The zero-order chi connectivity index (χ0) is 12.8. The third kappa shape index (κ3) is 1.82. The Kier molecular flexibility index (Phi) is 2.69. The molecule has 0 spiro atoms. The first-order valence-electron chi connectivity index (χ1n) is 5.28. The van der Waals surface area contributed by atoms with Gasteiger partial charge in [-0.15, -0.1) is 0 Å². The van der Waals surface area contributed by atoms with E-state index in [0.29, 0.717) is 0 Å². The summed E-state index contributed by atoms with van der Waals surface area (Å²) in [7, 11) is 0. The lowest BCUT2D eigenvalue weighted by molar-refractivity contribution is -0.0170. The Morgan fingerprint density at radius 1 is 1.59 bits per heavy atom. The summed E-state index contributed by atoms with van der Waals surface area (Å²) in [5, 5.41) is 9.87. The van der Waals surface area contributed by atoms with Crippen molar-refractivity contribution in [2.45, 2.75) is 37.8 Å². The van der Waals surface area contributed by atoms with Crippen LogP contribution in [0.3, 0.4) is 0 Å². The van der Waals surface area contributed by atoms with E-state index in [0.717, 1.165) is 0 Å². The molecule has 1 saturated heterocycles. The average molecular weight is 241 g/mol. The Labute approximate surface area is 96.8 Å². The van der Waals surface area contributed by atoms with Gasteiger partial charge in [-0.25, -0.2) is 4.79 Å². The molecule has 1 fully saturated rings. The molecule has 0 unspecified atom stereocenters. The van der Waals surface area contributed by atoms with Crippen molar-refractivity contribution < 1.29 is 9.84 Å². The first-order chi connectivity index (χ1) is 7.84. The highest BCUT2D eigenvalue weighted by atomic mass is 16.5. The highest BCUT2D eigenvalue weighted by molar-refractivity contribution is 5.02. The van der Waals surface area contributed by atoms with Crippen LogP contribution in [0.5, 0.6) is 0 Å². The van der Waals surface area contributed by atoms with Crippen LogP contribution in [0, 0.1) is 0 Å². The molecule has 4 atom stereocenters. The molecule has 0 saturated carbocycles. The topological polar surface area (TPSA) is 110 Å². The standard InChI is InChI=1S/C10H15N3O4/c1-5-7(15)10(2,11)8(17-5)13-4-3-6(14)12-9(13)16/h3-5,7-8,15H,11H2,1-2H3,(H,12,14,16)/t5-,7-,8-,10-/m1/s1. The summed E-state index contributed by atoms with van der Waals surface area (Å²) in [6.45, 7) is 3.27. The third-order valence-electron chi connectivity index (χ3n) is 3.06. The molecule has 0 amide bonds. The maximum Gasteiger partial charge on any atom is 0.330 e. The number of ether oxygens (including phenoxy) is 1. The maximum absolute atomic E-state index is 11.6. The van der Waals surface area contributed by atoms with E-state index >= 15 is 0 Å². The van der Waals surface area contributed by atoms with Gasteiger partial charge in [0.1, 0.15) is 6.10 Å².